The van der Waals surface area contributed by atoms with Crippen LogP contribution >= 0.6 is 0 Å². The first-order valence-corrected chi connectivity index (χ1v) is 5.60. The van der Waals surface area contributed by atoms with Crippen molar-refractivity contribution >= 4 is 5.91 Å². The Bertz CT molecular complexity index is 351. The first-order chi connectivity index (χ1) is 8.29. The Labute approximate surface area is 101 Å². The van der Waals surface area contributed by atoms with E-state index >= 15 is 0 Å². The van der Waals surface area contributed by atoms with Crippen molar-refractivity contribution in [1.82, 2.24) is 4.90 Å². The number of ether oxygens (including phenoxy) is 1. The topological polar surface area (TPSA) is 73.6 Å². The highest BCUT2D eigenvalue weighted by Crippen LogP contribution is 2.16. The maximum absolute atomic E-state index is 11.6. The summed E-state index contributed by atoms with van der Waals surface area (Å²) in [6, 6.07) is 1.74. The van der Waals surface area contributed by atoms with Gasteiger partial charge in [0.05, 0.1) is 25.3 Å². The molecule has 17 heavy (non-hydrogen) atoms. The Morgan fingerprint density at radius 2 is 2.29 bits per heavy atom. The lowest BCUT2D eigenvalue weighted by Gasteiger charge is -2.32. The molecule has 0 radical (unpaired) electrons. The molecule has 1 unspecified atom stereocenters. The quantitative estimate of drug-likeness (QED) is 0.546. The molecule has 1 amide bonds. The normalized spacial score (nSPS) is 19.4. The number of hydrogen-bond donors (Lipinski definition) is 1. The zero-order valence-corrected chi connectivity index (χ0v) is 9.69. The predicted molar refractivity (Wildman–Crippen MR) is 60.6 cm³/mol. The number of aliphatic hydroxyl groups excluding tert-OH is 1. The van der Waals surface area contributed by atoms with Crippen LogP contribution in [0.15, 0.2) is 0 Å². The van der Waals surface area contributed by atoms with Gasteiger partial charge in [0, 0.05) is 6.42 Å². The minimum Gasteiger partial charge on any atom is -0.394 e. The Morgan fingerprint density at radius 3 is 3.00 bits per heavy atom. The molecule has 0 aromatic carbocycles. The van der Waals surface area contributed by atoms with Gasteiger partial charge in [-0.1, -0.05) is 11.8 Å². The van der Waals surface area contributed by atoms with Gasteiger partial charge in [-0.25, -0.2) is 0 Å². The van der Waals surface area contributed by atoms with Crippen LogP contribution in [0.1, 0.15) is 19.3 Å². The molecule has 1 N–H and O–H groups in total. The molecule has 0 aromatic rings. The minimum absolute atomic E-state index is 0.0155. The molecule has 0 aromatic heterocycles. The third-order valence-corrected chi connectivity index (χ3v) is 2.62. The van der Waals surface area contributed by atoms with Crippen molar-refractivity contribution in [2.75, 3.05) is 26.4 Å². The molecular weight excluding hydrogens is 220 g/mol. The Kier molecular flexibility index (Phi) is 6.09. The number of nitriles is 1. The third-order valence-electron chi connectivity index (χ3n) is 2.62. The number of rotatable bonds is 4. The maximum atomic E-state index is 11.6. The molecule has 0 aliphatic carbocycles. The highest BCUT2D eigenvalue weighted by atomic mass is 16.5. The van der Waals surface area contributed by atoms with Crippen LogP contribution in [0.5, 0.6) is 0 Å². The van der Waals surface area contributed by atoms with E-state index in [4.69, 9.17) is 15.1 Å². The molecule has 0 saturated carbocycles. The van der Waals surface area contributed by atoms with Crippen molar-refractivity contribution in [3.8, 4) is 17.9 Å². The summed E-state index contributed by atoms with van der Waals surface area (Å²) in [7, 11) is 0. The molecule has 0 bridgehead atoms. The zero-order valence-electron chi connectivity index (χ0n) is 9.69. The number of carbonyl (C=O) groups excluding carboxylic acids is 1. The molecular formula is C12H16N2O3. The second-order valence-electron chi connectivity index (χ2n) is 3.75. The summed E-state index contributed by atoms with van der Waals surface area (Å²) in [5.74, 6) is 5.60. The van der Waals surface area contributed by atoms with Crippen LogP contribution in [-0.4, -0.2) is 48.3 Å². The summed E-state index contributed by atoms with van der Waals surface area (Å²) in [6.45, 7) is 0.522. The van der Waals surface area contributed by atoms with Gasteiger partial charge in [0.2, 0.25) is 5.91 Å². The fraction of sp³-hybridized carbons (Fsp3) is 0.667. The molecule has 1 atom stereocenters. The monoisotopic (exact) mass is 236 g/mol. The van der Waals surface area contributed by atoms with E-state index in [1.165, 1.54) is 0 Å². The summed E-state index contributed by atoms with van der Waals surface area (Å²) >= 11 is 0. The van der Waals surface area contributed by atoms with Gasteiger partial charge in [0.15, 0.2) is 0 Å². The van der Waals surface area contributed by atoms with E-state index in [0.717, 1.165) is 12.8 Å². The minimum atomic E-state index is -0.106. The fourth-order valence-electron chi connectivity index (χ4n) is 1.74. The number of nitrogens with zero attached hydrogens (tertiary/aromatic N) is 2. The van der Waals surface area contributed by atoms with E-state index in [1.807, 2.05) is 6.07 Å². The molecule has 1 aliphatic rings. The van der Waals surface area contributed by atoms with Crippen LogP contribution in [0.3, 0.4) is 0 Å². The second-order valence-corrected chi connectivity index (χ2v) is 3.75. The van der Waals surface area contributed by atoms with Crippen molar-refractivity contribution < 1.29 is 14.6 Å². The number of aliphatic hydroxyl groups is 1. The molecule has 1 fully saturated rings. The summed E-state index contributed by atoms with van der Waals surface area (Å²) in [4.78, 5) is 13.2. The number of piperidine rings is 1. The summed E-state index contributed by atoms with van der Waals surface area (Å²) in [5, 5.41) is 17.4. The zero-order chi connectivity index (χ0) is 12.5. The van der Waals surface area contributed by atoms with Crippen molar-refractivity contribution in [2.24, 2.45) is 0 Å². The molecule has 5 heteroatoms. The fourth-order valence-corrected chi connectivity index (χ4v) is 1.74. The highest BCUT2D eigenvalue weighted by Gasteiger charge is 2.26. The van der Waals surface area contributed by atoms with E-state index in [2.05, 4.69) is 11.8 Å². The van der Waals surface area contributed by atoms with Crippen molar-refractivity contribution in [3.05, 3.63) is 0 Å². The molecule has 1 aliphatic heterocycles. The van der Waals surface area contributed by atoms with Gasteiger partial charge in [0.1, 0.15) is 13.2 Å². The predicted octanol–water partition coefficient (Wildman–Crippen LogP) is -0.0966. The van der Waals surface area contributed by atoms with Crippen LogP contribution < -0.4 is 0 Å². The lowest BCUT2D eigenvalue weighted by atomic mass is 10.0. The molecule has 1 saturated heterocycles. The molecule has 1 heterocycles. The van der Waals surface area contributed by atoms with Gasteiger partial charge in [0.25, 0.3) is 0 Å². The van der Waals surface area contributed by atoms with E-state index < -0.39 is 0 Å². The Hall–Kier alpha value is -1.56. The van der Waals surface area contributed by atoms with Crippen LogP contribution in [0.2, 0.25) is 0 Å². The third kappa shape index (κ3) is 4.44. The average Bonchev–Trinajstić information content (AvgIpc) is 2.35. The van der Waals surface area contributed by atoms with E-state index in [1.54, 1.807) is 4.90 Å². The molecule has 1 rings (SSSR count). The van der Waals surface area contributed by atoms with Crippen molar-refractivity contribution in [1.29, 1.82) is 5.26 Å². The smallest absolute Gasteiger partial charge is 0.223 e. The highest BCUT2D eigenvalue weighted by molar-refractivity contribution is 5.77. The largest absolute Gasteiger partial charge is 0.394 e. The standard InChI is InChI=1S/C12H16N2O3/c13-6-9-17-8-2-1-7-14-11(10-15)4-3-5-12(14)16/h11,15H,3-5,7-10H2. The first kappa shape index (κ1) is 13.5. The first-order valence-electron chi connectivity index (χ1n) is 5.60. The van der Waals surface area contributed by atoms with Gasteiger partial charge in [-0.3, -0.25) is 4.79 Å². The van der Waals surface area contributed by atoms with E-state index in [-0.39, 0.29) is 31.8 Å². The van der Waals surface area contributed by atoms with Crippen molar-refractivity contribution in [2.45, 2.75) is 25.3 Å². The summed E-state index contributed by atoms with van der Waals surface area (Å²) in [5.41, 5.74) is 0. The molecule has 5 nitrogen and oxygen atoms in total. The van der Waals surface area contributed by atoms with Crippen LogP contribution in [0.25, 0.3) is 0 Å². The Morgan fingerprint density at radius 1 is 1.47 bits per heavy atom. The SMILES string of the molecule is N#CCOCC#CCN1C(=O)CCCC1CO. The summed E-state index contributed by atoms with van der Waals surface area (Å²) in [6.07, 6.45) is 2.19. The lowest BCUT2D eigenvalue weighted by Crippen LogP contribution is -2.45. The lowest BCUT2D eigenvalue weighted by molar-refractivity contribution is -0.136. The number of hydrogen-bond acceptors (Lipinski definition) is 4. The number of amides is 1. The van der Waals surface area contributed by atoms with Gasteiger partial charge in [-0.15, -0.1) is 0 Å². The van der Waals surface area contributed by atoms with E-state index in [9.17, 15) is 4.79 Å². The van der Waals surface area contributed by atoms with E-state index in [0.29, 0.717) is 13.0 Å². The second kappa shape index (κ2) is 7.67. The van der Waals surface area contributed by atoms with Gasteiger partial charge in [-0.05, 0) is 12.8 Å². The Balaban J connectivity index is 2.37. The maximum Gasteiger partial charge on any atom is 0.223 e. The van der Waals surface area contributed by atoms with Gasteiger partial charge < -0.3 is 14.7 Å². The van der Waals surface area contributed by atoms with Gasteiger partial charge in [-0.2, -0.15) is 5.26 Å². The van der Waals surface area contributed by atoms with Crippen molar-refractivity contribution in [3.63, 3.8) is 0 Å². The summed E-state index contributed by atoms with van der Waals surface area (Å²) < 4.78 is 4.86. The number of carbonyl (C=O) groups is 1. The van der Waals surface area contributed by atoms with Crippen LogP contribution in [0, 0.1) is 23.2 Å². The number of likely N-dealkylation sites (tertiary alicyclic amines) is 1. The van der Waals surface area contributed by atoms with Crippen LogP contribution in [0.4, 0.5) is 0 Å². The molecule has 0 spiro atoms. The van der Waals surface area contributed by atoms with Gasteiger partial charge >= 0.3 is 0 Å². The average molecular weight is 236 g/mol. The molecule has 92 valence electrons. The van der Waals surface area contributed by atoms with Crippen LogP contribution in [-0.2, 0) is 9.53 Å².